The number of likely N-dealkylation sites (tertiary alicyclic amines) is 1. The molecule has 1 aromatic rings. The molecule has 1 aromatic heterocycles. The van der Waals surface area contributed by atoms with E-state index in [1.807, 2.05) is 16.8 Å². The van der Waals surface area contributed by atoms with Gasteiger partial charge < -0.3 is 5.73 Å². The summed E-state index contributed by atoms with van der Waals surface area (Å²) in [4.78, 5) is 8.71. The maximum atomic E-state index is 6.21. The molecule has 1 saturated heterocycles. The van der Waals surface area contributed by atoms with Gasteiger partial charge in [0.25, 0.3) is 0 Å². The van der Waals surface area contributed by atoms with Gasteiger partial charge >= 0.3 is 0 Å². The summed E-state index contributed by atoms with van der Waals surface area (Å²) in [6.07, 6.45) is 5.30. The third-order valence-corrected chi connectivity index (χ3v) is 5.83. The molecule has 5 heteroatoms. The Hall–Kier alpha value is -0.160. The minimum absolute atomic E-state index is 0. The zero-order valence-electron chi connectivity index (χ0n) is 11.1. The van der Waals surface area contributed by atoms with E-state index in [1.165, 1.54) is 49.3 Å². The van der Waals surface area contributed by atoms with Crippen molar-refractivity contribution in [3.05, 3.63) is 16.1 Å². The molecule has 4 rings (SSSR count). The number of thiazole rings is 1. The van der Waals surface area contributed by atoms with E-state index in [4.69, 9.17) is 5.73 Å². The molecule has 2 heterocycles. The molecule has 0 spiro atoms. The predicted octanol–water partition coefficient (Wildman–Crippen LogP) is 2.61. The van der Waals surface area contributed by atoms with Crippen LogP contribution in [0.25, 0.3) is 0 Å². The maximum absolute atomic E-state index is 6.21. The van der Waals surface area contributed by atoms with Gasteiger partial charge in [0.2, 0.25) is 0 Å². The van der Waals surface area contributed by atoms with Crippen molar-refractivity contribution in [3.8, 4) is 0 Å². The fourth-order valence-corrected chi connectivity index (χ4v) is 4.71. The van der Waals surface area contributed by atoms with Crippen molar-refractivity contribution in [2.75, 3.05) is 13.1 Å². The fraction of sp³-hybridized carbons (Fsp3) is 0.786. The molecule has 2 N–H and O–H groups in total. The highest BCUT2D eigenvalue weighted by atomic mass is 35.5. The second-order valence-electron chi connectivity index (χ2n) is 6.29. The Labute approximate surface area is 125 Å². The zero-order valence-corrected chi connectivity index (χ0v) is 12.8. The van der Waals surface area contributed by atoms with Gasteiger partial charge in [0.1, 0.15) is 0 Å². The number of halogens is 1. The highest BCUT2D eigenvalue weighted by molar-refractivity contribution is 7.09. The van der Waals surface area contributed by atoms with Crippen molar-refractivity contribution in [1.29, 1.82) is 0 Å². The lowest BCUT2D eigenvalue weighted by molar-refractivity contribution is 0.299. The van der Waals surface area contributed by atoms with E-state index in [-0.39, 0.29) is 12.4 Å². The standard InChI is InChI=1S/C14H21N3S.ClH/c15-12-4-3-10-5-17(6-11(10)12)7-13-14(9-1-2-9)16-8-18-13;/h8-12H,1-7,15H2;1H. The van der Waals surface area contributed by atoms with Crippen molar-refractivity contribution in [2.45, 2.75) is 44.2 Å². The summed E-state index contributed by atoms with van der Waals surface area (Å²) in [5, 5.41) is 0. The SMILES string of the molecule is Cl.NC1CCC2CN(Cc3scnc3C3CC3)CC12. The number of nitrogens with two attached hydrogens (primary N) is 1. The first-order chi connectivity index (χ1) is 8.81. The van der Waals surface area contributed by atoms with Gasteiger partial charge in [-0.05, 0) is 37.5 Å². The molecule has 1 aliphatic heterocycles. The molecule has 3 atom stereocenters. The first-order valence-electron chi connectivity index (χ1n) is 7.21. The Bertz CT molecular complexity index is 446. The topological polar surface area (TPSA) is 42.1 Å². The second kappa shape index (κ2) is 5.32. The molecule has 3 nitrogen and oxygen atoms in total. The van der Waals surface area contributed by atoms with Crippen LogP contribution in [0.5, 0.6) is 0 Å². The summed E-state index contributed by atoms with van der Waals surface area (Å²) in [7, 11) is 0. The fourth-order valence-electron chi connectivity index (χ4n) is 3.82. The first-order valence-corrected chi connectivity index (χ1v) is 8.09. The summed E-state index contributed by atoms with van der Waals surface area (Å²) in [5.41, 5.74) is 9.64. The van der Waals surface area contributed by atoms with Gasteiger partial charge in [0, 0.05) is 36.5 Å². The van der Waals surface area contributed by atoms with Crippen LogP contribution in [0.4, 0.5) is 0 Å². The summed E-state index contributed by atoms with van der Waals surface area (Å²) >= 11 is 1.85. The Kier molecular flexibility index (Phi) is 3.87. The van der Waals surface area contributed by atoms with Crippen molar-refractivity contribution < 1.29 is 0 Å². The van der Waals surface area contributed by atoms with Gasteiger partial charge in [0.15, 0.2) is 0 Å². The summed E-state index contributed by atoms with van der Waals surface area (Å²) < 4.78 is 0. The number of aromatic nitrogens is 1. The number of rotatable bonds is 3. The normalized spacial score (nSPS) is 34.3. The minimum atomic E-state index is 0. The minimum Gasteiger partial charge on any atom is -0.327 e. The van der Waals surface area contributed by atoms with Crippen molar-refractivity contribution in [3.63, 3.8) is 0 Å². The van der Waals surface area contributed by atoms with E-state index in [2.05, 4.69) is 9.88 Å². The first kappa shape index (κ1) is 13.8. The average molecular weight is 300 g/mol. The van der Waals surface area contributed by atoms with Crippen LogP contribution in [0.1, 0.15) is 42.2 Å². The van der Waals surface area contributed by atoms with E-state index in [1.54, 1.807) is 0 Å². The van der Waals surface area contributed by atoms with E-state index < -0.39 is 0 Å². The largest absolute Gasteiger partial charge is 0.327 e. The number of hydrogen-bond acceptors (Lipinski definition) is 4. The molecule has 0 aromatic carbocycles. The second-order valence-corrected chi connectivity index (χ2v) is 7.23. The van der Waals surface area contributed by atoms with E-state index >= 15 is 0 Å². The van der Waals surface area contributed by atoms with Gasteiger partial charge in [-0.25, -0.2) is 4.98 Å². The lowest BCUT2D eigenvalue weighted by Crippen LogP contribution is -2.30. The van der Waals surface area contributed by atoms with Crippen LogP contribution in [0.3, 0.4) is 0 Å². The number of fused-ring (bicyclic) bond motifs is 1. The molecule has 2 aliphatic carbocycles. The summed E-state index contributed by atoms with van der Waals surface area (Å²) in [6, 6.07) is 0.462. The lowest BCUT2D eigenvalue weighted by Gasteiger charge is -2.18. The quantitative estimate of drug-likeness (QED) is 0.933. The molecule has 0 bridgehead atoms. The monoisotopic (exact) mass is 299 g/mol. The molecule has 106 valence electrons. The zero-order chi connectivity index (χ0) is 12.1. The molecular weight excluding hydrogens is 278 g/mol. The predicted molar refractivity (Wildman–Crippen MR) is 80.8 cm³/mol. The Morgan fingerprint density at radius 3 is 2.84 bits per heavy atom. The third-order valence-electron chi connectivity index (χ3n) is 4.99. The molecule has 0 amide bonds. The van der Waals surface area contributed by atoms with Crippen molar-refractivity contribution in [1.82, 2.24) is 9.88 Å². The van der Waals surface area contributed by atoms with E-state index in [0.29, 0.717) is 6.04 Å². The van der Waals surface area contributed by atoms with Crippen LogP contribution >= 0.6 is 23.7 Å². The van der Waals surface area contributed by atoms with Crippen molar-refractivity contribution in [2.24, 2.45) is 17.6 Å². The Balaban J connectivity index is 0.00000110. The highest BCUT2D eigenvalue weighted by Crippen LogP contribution is 2.43. The molecule has 2 saturated carbocycles. The summed E-state index contributed by atoms with van der Waals surface area (Å²) in [5.74, 6) is 2.43. The van der Waals surface area contributed by atoms with Crippen molar-refractivity contribution >= 4 is 23.7 Å². The smallest absolute Gasteiger partial charge is 0.0798 e. The van der Waals surface area contributed by atoms with Crippen LogP contribution < -0.4 is 5.73 Å². The van der Waals surface area contributed by atoms with Gasteiger partial charge in [0.05, 0.1) is 11.2 Å². The van der Waals surface area contributed by atoms with Crippen LogP contribution in [0.2, 0.25) is 0 Å². The molecule has 19 heavy (non-hydrogen) atoms. The highest BCUT2D eigenvalue weighted by Gasteiger charge is 2.41. The van der Waals surface area contributed by atoms with Crippen LogP contribution in [-0.2, 0) is 6.54 Å². The molecular formula is C14H22ClN3S. The van der Waals surface area contributed by atoms with Gasteiger partial charge in [-0.15, -0.1) is 23.7 Å². The van der Waals surface area contributed by atoms with E-state index in [0.717, 1.165) is 24.3 Å². The van der Waals surface area contributed by atoms with Gasteiger partial charge in [-0.2, -0.15) is 0 Å². The maximum Gasteiger partial charge on any atom is 0.0798 e. The molecule has 3 fully saturated rings. The average Bonchev–Trinajstić information content (AvgIpc) is 2.81. The van der Waals surface area contributed by atoms with Crippen LogP contribution in [0.15, 0.2) is 5.51 Å². The lowest BCUT2D eigenvalue weighted by atomic mass is 9.98. The van der Waals surface area contributed by atoms with E-state index in [9.17, 15) is 0 Å². The summed E-state index contributed by atoms with van der Waals surface area (Å²) in [6.45, 7) is 3.60. The molecule has 3 unspecified atom stereocenters. The van der Waals surface area contributed by atoms with Crippen LogP contribution in [0, 0.1) is 11.8 Å². The third kappa shape index (κ3) is 2.56. The number of nitrogens with zero attached hydrogens (tertiary/aromatic N) is 2. The molecule has 3 aliphatic rings. The van der Waals surface area contributed by atoms with Gasteiger partial charge in [-0.1, -0.05) is 0 Å². The van der Waals surface area contributed by atoms with Crippen LogP contribution in [-0.4, -0.2) is 29.0 Å². The Morgan fingerprint density at radius 1 is 1.26 bits per heavy atom. The van der Waals surface area contributed by atoms with Gasteiger partial charge in [-0.3, -0.25) is 4.90 Å². The number of hydrogen-bond donors (Lipinski definition) is 1. The molecule has 0 radical (unpaired) electrons. The Morgan fingerprint density at radius 2 is 2.11 bits per heavy atom.